The van der Waals surface area contributed by atoms with Gasteiger partial charge in [-0.1, -0.05) is 0 Å². The molecule has 2 heterocycles. The van der Waals surface area contributed by atoms with Crippen molar-refractivity contribution in [3.8, 4) is 0 Å². The molecule has 8 heteroatoms. The Balaban J connectivity index is 1.63. The number of rotatable bonds is 4. The molecular weight excluding hydrogens is 356 g/mol. The molecule has 1 saturated heterocycles. The van der Waals surface area contributed by atoms with Crippen molar-refractivity contribution in [3.63, 3.8) is 0 Å². The Morgan fingerprint density at radius 2 is 1.92 bits per heavy atom. The fourth-order valence-electron chi connectivity index (χ4n) is 2.97. The van der Waals surface area contributed by atoms with E-state index in [9.17, 15) is 18.0 Å². The van der Waals surface area contributed by atoms with Crippen LogP contribution in [-0.2, 0) is 14.6 Å². The highest BCUT2D eigenvalue weighted by atomic mass is 32.2. The van der Waals surface area contributed by atoms with Gasteiger partial charge in [-0.15, -0.1) is 0 Å². The lowest BCUT2D eigenvalue weighted by molar-refractivity contribution is -0.121. The molecule has 138 valence electrons. The number of likely N-dealkylation sites (tertiary alicyclic amines) is 1. The summed E-state index contributed by atoms with van der Waals surface area (Å²) in [5.74, 6) is -0.635. The lowest BCUT2D eigenvalue weighted by Crippen LogP contribution is -2.43. The summed E-state index contributed by atoms with van der Waals surface area (Å²) in [7, 11) is -3.27. The van der Waals surface area contributed by atoms with Gasteiger partial charge in [0, 0.05) is 25.0 Å². The Morgan fingerprint density at radius 1 is 1.19 bits per heavy atom. The summed E-state index contributed by atoms with van der Waals surface area (Å²) >= 11 is 0. The molecule has 3 rings (SSSR count). The molecule has 0 bridgehead atoms. The smallest absolute Gasteiger partial charge is 0.257 e. The van der Waals surface area contributed by atoms with E-state index in [-0.39, 0.29) is 22.6 Å². The third-order valence-electron chi connectivity index (χ3n) is 4.40. The van der Waals surface area contributed by atoms with Crippen LogP contribution in [0.4, 0.5) is 5.69 Å². The highest BCUT2D eigenvalue weighted by Gasteiger charge is 2.29. The second-order valence-corrected chi connectivity index (χ2v) is 8.40. The van der Waals surface area contributed by atoms with Gasteiger partial charge in [-0.2, -0.15) is 0 Å². The van der Waals surface area contributed by atoms with E-state index in [1.54, 1.807) is 23.1 Å². The van der Waals surface area contributed by atoms with Gasteiger partial charge in [0.15, 0.2) is 9.84 Å². The van der Waals surface area contributed by atoms with Gasteiger partial charge in [-0.3, -0.25) is 9.59 Å². The first-order chi connectivity index (χ1) is 12.3. The van der Waals surface area contributed by atoms with Crippen LogP contribution in [0.15, 0.2) is 52.2 Å². The zero-order valence-electron chi connectivity index (χ0n) is 14.3. The van der Waals surface area contributed by atoms with Crippen molar-refractivity contribution in [1.82, 2.24) is 4.90 Å². The first-order valence-corrected chi connectivity index (χ1v) is 10.2. The Morgan fingerprint density at radius 3 is 2.54 bits per heavy atom. The number of piperidine rings is 1. The first kappa shape index (κ1) is 18.2. The molecular formula is C18H20N2O5S. The molecule has 1 aromatic carbocycles. The summed E-state index contributed by atoms with van der Waals surface area (Å²) < 4.78 is 27.9. The van der Waals surface area contributed by atoms with Gasteiger partial charge < -0.3 is 14.6 Å². The summed E-state index contributed by atoms with van der Waals surface area (Å²) in [5, 5.41) is 2.79. The molecule has 2 amide bonds. The second-order valence-electron chi connectivity index (χ2n) is 6.39. The van der Waals surface area contributed by atoms with E-state index in [0.717, 1.165) is 12.7 Å². The van der Waals surface area contributed by atoms with Crippen molar-refractivity contribution in [2.24, 2.45) is 5.92 Å². The van der Waals surface area contributed by atoms with Crippen LogP contribution in [0, 0.1) is 5.92 Å². The summed E-state index contributed by atoms with van der Waals surface area (Å²) in [6, 6.07) is 7.65. The molecule has 1 aliphatic heterocycles. The van der Waals surface area contributed by atoms with Crippen molar-refractivity contribution >= 4 is 27.3 Å². The largest absolute Gasteiger partial charge is 0.472 e. The number of carbonyl (C=O) groups is 2. The number of hydrogen-bond acceptors (Lipinski definition) is 5. The molecule has 0 radical (unpaired) electrons. The quantitative estimate of drug-likeness (QED) is 0.882. The van der Waals surface area contributed by atoms with Crippen LogP contribution in [0.2, 0.25) is 0 Å². The van der Waals surface area contributed by atoms with E-state index in [4.69, 9.17) is 4.42 Å². The molecule has 1 fully saturated rings. The van der Waals surface area contributed by atoms with Crippen LogP contribution in [0.1, 0.15) is 23.2 Å². The van der Waals surface area contributed by atoms with Crippen LogP contribution in [0.5, 0.6) is 0 Å². The fraction of sp³-hybridized carbons (Fsp3) is 0.333. The molecule has 0 saturated carbocycles. The zero-order chi connectivity index (χ0) is 18.7. The minimum Gasteiger partial charge on any atom is -0.472 e. The third kappa shape index (κ3) is 4.13. The Kier molecular flexibility index (Phi) is 5.13. The zero-order valence-corrected chi connectivity index (χ0v) is 15.2. The number of carbonyl (C=O) groups excluding carboxylic acids is 2. The molecule has 1 unspecified atom stereocenters. The normalized spacial score (nSPS) is 17.7. The van der Waals surface area contributed by atoms with E-state index in [0.29, 0.717) is 30.8 Å². The van der Waals surface area contributed by atoms with Gasteiger partial charge >= 0.3 is 0 Å². The van der Waals surface area contributed by atoms with Gasteiger partial charge in [0.05, 0.1) is 22.6 Å². The van der Waals surface area contributed by atoms with E-state index in [1.807, 2.05) is 0 Å². The fourth-order valence-corrected chi connectivity index (χ4v) is 3.60. The third-order valence-corrected chi connectivity index (χ3v) is 5.53. The predicted octanol–water partition coefficient (Wildman–Crippen LogP) is 2.17. The maximum Gasteiger partial charge on any atom is 0.257 e. The summed E-state index contributed by atoms with van der Waals surface area (Å²) in [6.45, 7) is 0.952. The average molecular weight is 376 g/mol. The van der Waals surface area contributed by atoms with Crippen molar-refractivity contribution in [1.29, 1.82) is 0 Å². The minimum atomic E-state index is -3.27. The average Bonchev–Trinajstić information content (AvgIpc) is 3.15. The van der Waals surface area contributed by atoms with Crippen LogP contribution < -0.4 is 5.32 Å². The Bertz CT molecular complexity index is 888. The number of amides is 2. The standard InChI is InChI=1S/C18H20N2O5S/c1-26(23,24)16-6-4-15(5-7-16)19-17(21)13-3-2-9-20(11-13)18(22)14-8-10-25-12-14/h4-8,10,12-13H,2-3,9,11H2,1H3,(H,19,21). The number of anilines is 1. The van der Waals surface area contributed by atoms with Gasteiger partial charge in [0.25, 0.3) is 5.91 Å². The molecule has 2 aromatic rings. The maximum absolute atomic E-state index is 12.5. The van der Waals surface area contributed by atoms with Crippen molar-refractivity contribution in [2.45, 2.75) is 17.7 Å². The summed E-state index contributed by atoms with van der Waals surface area (Å²) in [4.78, 5) is 26.8. The molecule has 26 heavy (non-hydrogen) atoms. The molecule has 0 spiro atoms. The van der Waals surface area contributed by atoms with E-state index in [2.05, 4.69) is 5.32 Å². The monoisotopic (exact) mass is 376 g/mol. The molecule has 1 aromatic heterocycles. The van der Waals surface area contributed by atoms with Crippen molar-refractivity contribution in [2.75, 3.05) is 24.7 Å². The highest BCUT2D eigenvalue weighted by molar-refractivity contribution is 7.90. The lowest BCUT2D eigenvalue weighted by atomic mass is 9.96. The first-order valence-electron chi connectivity index (χ1n) is 8.27. The lowest BCUT2D eigenvalue weighted by Gasteiger charge is -2.31. The summed E-state index contributed by atoms with van der Waals surface area (Å²) in [5.41, 5.74) is 1.00. The molecule has 1 aliphatic rings. The highest BCUT2D eigenvalue weighted by Crippen LogP contribution is 2.21. The van der Waals surface area contributed by atoms with E-state index in [1.165, 1.54) is 24.7 Å². The van der Waals surface area contributed by atoms with Gasteiger partial charge in [-0.05, 0) is 43.2 Å². The topological polar surface area (TPSA) is 96.7 Å². The predicted molar refractivity (Wildman–Crippen MR) is 95.5 cm³/mol. The second kappa shape index (κ2) is 7.33. The number of nitrogens with zero attached hydrogens (tertiary/aromatic N) is 1. The maximum atomic E-state index is 12.5. The van der Waals surface area contributed by atoms with Crippen molar-refractivity contribution in [3.05, 3.63) is 48.4 Å². The molecule has 0 aliphatic carbocycles. The molecule has 1 atom stereocenters. The van der Waals surface area contributed by atoms with E-state index < -0.39 is 9.84 Å². The van der Waals surface area contributed by atoms with Crippen LogP contribution in [0.25, 0.3) is 0 Å². The van der Waals surface area contributed by atoms with Crippen molar-refractivity contribution < 1.29 is 22.4 Å². The number of furan rings is 1. The number of sulfone groups is 1. The SMILES string of the molecule is CS(=O)(=O)c1ccc(NC(=O)C2CCCN(C(=O)c3ccoc3)C2)cc1. The van der Waals surface area contributed by atoms with Crippen LogP contribution >= 0.6 is 0 Å². The van der Waals surface area contributed by atoms with Gasteiger partial charge in [0.1, 0.15) is 6.26 Å². The molecule has 7 nitrogen and oxygen atoms in total. The van der Waals surface area contributed by atoms with Crippen LogP contribution in [0.3, 0.4) is 0 Å². The van der Waals surface area contributed by atoms with Gasteiger partial charge in [-0.25, -0.2) is 8.42 Å². The summed E-state index contributed by atoms with van der Waals surface area (Å²) in [6.07, 6.45) is 5.42. The minimum absolute atomic E-state index is 0.145. The van der Waals surface area contributed by atoms with Gasteiger partial charge in [0.2, 0.25) is 5.91 Å². The Hall–Kier alpha value is -2.61. The molecule has 1 N–H and O–H groups in total. The Labute approximate surface area is 151 Å². The number of nitrogens with one attached hydrogen (secondary N) is 1. The number of benzene rings is 1. The van der Waals surface area contributed by atoms with E-state index >= 15 is 0 Å². The van der Waals surface area contributed by atoms with Crippen LogP contribution in [-0.4, -0.2) is 44.5 Å². The number of hydrogen-bond donors (Lipinski definition) is 1.